The average molecular weight is 483 g/mol. The molecule has 1 aliphatic heterocycles. The van der Waals surface area contributed by atoms with Gasteiger partial charge in [-0.25, -0.2) is 4.98 Å². The number of pyridine rings is 1. The third-order valence-electron chi connectivity index (χ3n) is 6.37. The van der Waals surface area contributed by atoms with E-state index in [2.05, 4.69) is 35.7 Å². The molecule has 0 spiro atoms. The van der Waals surface area contributed by atoms with E-state index in [4.69, 9.17) is 4.74 Å². The van der Waals surface area contributed by atoms with Gasteiger partial charge in [0, 0.05) is 12.4 Å². The van der Waals surface area contributed by atoms with E-state index in [-0.39, 0.29) is 22.7 Å². The Morgan fingerprint density at radius 2 is 1.86 bits per heavy atom. The second-order valence-electron chi connectivity index (χ2n) is 9.70. The largest absolute Gasteiger partial charge is 0.507 e. The minimum Gasteiger partial charge on any atom is -0.507 e. The Morgan fingerprint density at radius 3 is 2.53 bits per heavy atom. The Bertz CT molecular complexity index is 1480. The van der Waals surface area contributed by atoms with Crippen LogP contribution in [-0.2, 0) is 15.0 Å². The summed E-state index contributed by atoms with van der Waals surface area (Å²) in [6, 6.07) is 15.3. The summed E-state index contributed by atoms with van der Waals surface area (Å²) in [4.78, 5) is 40.0. The van der Waals surface area contributed by atoms with Crippen molar-refractivity contribution in [2.24, 2.45) is 0 Å². The first-order valence-electron chi connectivity index (χ1n) is 11.6. The van der Waals surface area contributed by atoms with E-state index in [1.54, 1.807) is 36.7 Å². The summed E-state index contributed by atoms with van der Waals surface area (Å²) in [7, 11) is 1.49. The van der Waals surface area contributed by atoms with Crippen molar-refractivity contribution in [2.45, 2.75) is 32.2 Å². The van der Waals surface area contributed by atoms with Crippen LogP contribution in [0, 0.1) is 0 Å². The molecule has 182 valence electrons. The van der Waals surface area contributed by atoms with Gasteiger partial charge in [0.15, 0.2) is 0 Å². The number of ketones is 1. The van der Waals surface area contributed by atoms with Gasteiger partial charge < -0.3 is 14.8 Å². The van der Waals surface area contributed by atoms with Gasteiger partial charge in [0.1, 0.15) is 11.5 Å². The monoisotopic (exact) mass is 482 g/mol. The molecule has 8 nitrogen and oxygen atoms in total. The molecular formula is C28H26N4O4. The number of nitrogens with one attached hydrogen (secondary N) is 1. The van der Waals surface area contributed by atoms with Gasteiger partial charge in [-0.3, -0.25) is 19.5 Å². The first kappa shape index (κ1) is 23.3. The summed E-state index contributed by atoms with van der Waals surface area (Å²) in [5.74, 6) is -1.33. The van der Waals surface area contributed by atoms with Crippen LogP contribution in [0.25, 0.3) is 16.8 Å². The van der Waals surface area contributed by atoms with Crippen LogP contribution in [0.3, 0.4) is 0 Å². The number of benzene rings is 2. The molecule has 0 saturated carbocycles. The van der Waals surface area contributed by atoms with Crippen LogP contribution >= 0.6 is 0 Å². The Labute approximate surface area is 208 Å². The molecule has 1 fully saturated rings. The van der Waals surface area contributed by atoms with Crippen LogP contribution in [-0.4, -0.2) is 38.9 Å². The number of hydrogen-bond donors (Lipinski definition) is 2. The molecule has 36 heavy (non-hydrogen) atoms. The van der Waals surface area contributed by atoms with E-state index in [1.807, 2.05) is 30.3 Å². The number of anilines is 1. The number of fused-ring (bicyclic) bond motifs is 1. The van der Waals surface area contributed by atoms with Crippen LogP contribution in [0.5, 0.6) is 5.75 Å². The van der Waals surface area contributed by atoms with Gasteiger partial charge in [-0.2, -0.15) is 0 Å². The van der Waals surface area contributed by atoms with Crippen molar-refractivity contribution in [3.8, 4) is 5.75 Å². The number of aromatic nitrogens is 3. The number of imidazole rings is 1. The molecular weight excluding hydrogens is 456 g/mol. The van der Waals surface area contributed by atoms with Gasteiger partial charge >= 0.3 is 5.91 Å². The number of aromatic amines is 1. The normalized spacial score (nSPS) is 17.7. The fourth-order valence-corrected chi connectivity index (χ4v) is 4.46. The molecule has 0 radical (unpaired) electrons. The van der Waals surface area contributed by atoms with Crippen molar-refractivity contribution in [1.29, 1.82) is 0 Å². The van der Waals surface area contributed by atoms with Crippen LogP contribution in [0.15, 0.2) is 72.6 Å². The van der Waals surface area contributed by atoms with Crippen LogP contribution in [0.4, 0.5) is 5.95 Å². The zero-order chi connectivity index (χ0) is 25.6. The van der Waals surface area contributed by atoms with Crippen LogP contribution in [0.2, 0.25) is 0 Å². The lowest BCUT2D eigenvalue weighted by molar-refractivity contribution is -0.132. The summed E-state index contributed by atoms with van der Waals surface area (Å²) >= 11 is 0. The van der Waals surface area contributed by atoms with E-state index in [9.17, 15) is 14.7 Å². The molecule has 2 aromatic heterocycles. The lowest BCUT2D eigenvalue weighted by Gasteiger charge is -2.24. The van der Waals surface area contributed by atoms with Crippen molar-refractivity contribution in [3.05, 3.63) is 89.3 Å². The SMILES string of the molecule is COc1ccc(C(C)(C)C)cc1/C(O)=C1\C(=O)C(=O)N(c2nc3ccccc3[nH]2)C1c1cccnc1. The highest BCUT2D eigenvalue weighted by atomic mass is 16.5. The smallest absolute Gasteiger partial charge is 0.302 e. The van der Waals surface area contributed by atoms with Crippen LogP contribution < -0.4 is 9.64 Å². The summed E-state index contributed by atoms with van der Waals surface area (Å²) in [6.45, 7) is 6.15. The fraction of sp³-hybridized carbons (Fsp3) is 0.214. The number of hydrogen-bond acceptors (Lipinski definition) is 6. The molecule has 1 unspecified atom stereocenters. The number of amides is 1. The maximum Gasteiger partial charge on any atom is 0.302 e. The predicted octanol–water partition coefficient (Wildman–Crippen LogP) is 4.89. The number of rotatable bonds is 4. The first-order chi connectivity index (χ1) is 17.2. The van der Waals surface area contributed by atoms with E-state index in [1.165, 1.54) is 12.0 Å². The van der Waals surface area contributed by atoms with E-state index < -0.39 is 17.7 Å². The molecule has 0 bridgehead atoms. The highest BCUT2D eigenvalue weighted by molar-refractivity contribution is 6.51. The minimum absolute atomic E-state index is 0.0576. The van der Waals surface area contributed by atoms with Gasteiger partial charge in [0.2, 0.25) is 5.95 Å². The average Bonchev–Trinajstić information content (AvgIpc) is 3.41. The number of H-pyrrole nitrogens is 1. The van der Waals surface area contributed by atoms with Crippen molar-refractivity contribution in [1.82, 2.24) is 15.0 Å². The van der Waals surface area contributed by atoms with Gasteiger partial charge in [-0.15, -0.1) is 0 Å². The summed E-state index contributed by atoms with van der Waals surface area (Å²) in [5.41, 5.74) is 2.93. The van der Waals surface area contributed by atoms with E-state index >= 15 is 0 Å². The highest BCUT2D eigenvalue weighted by Crippen LogP contribution is 2.43. The van der Waals surface area contributed by atoms with Crippen LogP contribution in [0.1, 0.15) is 43.5 Å². The van der Waals surface area contributed by atoms with Gasteiger partial charge in [0.05, 0.1) is 35.3 Å². The Balaban J connectivity index is 1.75. The Hall–Kier alpha value is -4.46. The number of Topliss-reactive ketones (excluding diaryl/α,β-unsaturated/α-hetero) is 1. The van der Waals surface area contributed by atoms with Crippen molar-refractivity contribution in [2.75, 3.05) is 12.0 Å². The highest BCUT2D eigenvalue weighted by Gasteiger charge is 2.48. The molecule has 0 aliphatic carbocycles. The summed E-state index contributed by atoms with van der Waals surface area (Å²) < 4.78 is 5.51. The molecule has 1 aliphatic rings. The number of nitrogens with zero attached hydrogens (tertiary/aromatic N) is 3. The lowest BCUT2D eigenvalue weighted by atomic mass is 9.85. The molecule has 1 saturated heterocycles. The standard InChI is InChI=1S/C28H26N4O4/c1-28(2,3)17-11-12-21(36-4)18(14-17)24(33)22-23(16-8-7-13-29-15-16)32(26(35)25(22)34)27-30-19-9-5-6-10-20(19)31-27/h5-15,23,33H,1-4H3,(H,30,31)/b24-22+. The quantitative estimate of drug-likeness (QED) is 0.244. The molecule has 2 N–H and O–H groups in total. The molecule has 5 rings (SSSR count). The lowest BCUT2D eigenvalue weighted by Crippen LogP contribution is -2.30. The number of carbonyl (C=O) groups excluding carboxylic acids is 2. The predicted molar refractivity (Wildman–Crippen MR) is 137 cm³/mol. The fourth-order valence-electron chi connectivity index (χ4n) is 4.46. The zero-order valence-corrected chi connectivity index (χ0v) is 20.4. The summed E-state index contributed by atoms with van der Waals surface area (Å²) in [5, 5.41) is 11.6. The Morgan fingerprint density at radius 1 is 1.08 bits per heavy atom. The molecule has 4 aromatic rings. The topological polar surface area (TPSA) is 108 Å². The molecule has 3 heterocycles. The summed E-state index contributed by atoms with van der Waals surface area (Å²) in [6.07, 6.45) is 3.18. The van der Waals surface area contributed by atoms with Gasteiger partial charge in [-0.1, -0.05) is 45.0 Å². The molecule has 2 aromatic carbocycles. The second kappa shape index (κ2) is 8.64. The molecule has 1 atom stereocenters. The maximum absolute atomic E-state index is 13.5. The number of para-hydroxylation sites is 2. The van der Waals surface area contributed by atoms with E-state index in [0.29, 0.717) is 22.4 Å². The second-order valence-corrected chi connectivity index (χ2v) is 9.70. The van der Waals surface area contributed by atoms with E-state index in [0.717, 1.165) is 11.1 Å². The van der Waals surface area contributed by atoms with Crippen molar-refractivity contribution in [3.63, 3.8) is 0 Å². The first-order valence-corrected chi connectivity index (χ1v) is 11.6. The van der Waals surface area contributed by atoms with Gasteiger partial charge in [-0.05, 0) is 46.9 Å². The third kappa shape index (κ3) is 3.80. The number of aliphatic hydroxyl groups excluding tert-OH is 1. The number of carbonyl (C=O) groups is 2. The van der Waals surface area contributed by atoms with Crippen molar-refractivity contribution >= 4 is 34.4 Å². The number of aliphatic hydroxyl groups is 1. The van der Waals surface area contributed by atoms with Gasteiger partial charge in [0.25, 0.3) is 5.78 Å². The maximum atomic E-state index is 13.5. The Kier molecular flexibility index (Phi) is 5.59. The molecule has 1 amide bonds. The number of methoxy groups -OCH3 is 1. The minimum atomic E-state index is -0.942. The zero-order valence-electron chi connectivity index (χ0n) is 20.4. The third-order valence-corrected chi connectivity index (χ3v) is 6.37. The number of ether oxygens (including phenoxy) is 1. The van der Waals surface area contributed by atoms with Crippen molar-refractivity contribution < 1.29 is 19.4 Å². The molecule has 8 heteroatoms.